The van der Waals surface area contributed by atoms with Crippen LogP contribution in [0.4, 0.5) is 4.79 Å². The third kappa shape index (κ3) is 3.42. The first-order chi connectivity index (χ1) is 9.81. The summed E-state index contributed by atoms with van der Waals surface area (Å²) in [5.41, 5.74) is 0.660. The van der Waals surface area contributed by atoms with Crippen LogP contribution in [0.2, 0.25) is 0 Å². The van der Waals surface area contributed by atoms with Crippen LogP contribution in [0.15, 0.2) is 30.3 Å². The maximum Gasteiger partial charge on any atom is 0.419 e. The molecule has 0 fully saturated rings. The Morgan fingerprint density at radius 3 is 2.48 bits per heavy atom. The molecule has 0 atom stereocenters. The van der Waals surface area contributed by atoms with Gasteiger partial charge in [0.2, 0.25) is 0 Å². The quantitative estimate of drug-likeness (QED) is 0.797. The molecule has 0 saturated carbocycles. The van der Waals surface area contributed by atoms with Gasteiger partial charge in [-0.1, -0.05) is 18.2 Å². The summed E-state index contributed by atoms with van der Waals surface area (Å²) in [6, 6.07) is 9.22. The number of nitrogens with zero attached hydrogens (tertiary/aromatic N) is 1. The topological polar surface area (TPSA) is 57.5 Å². The Morgan fingerprint density at radius 2 is 1.86 bits per heavy atom. The molecule has 0 aliphatic rings. The highest BCUT2D eigenvalue weighted by atomic mass is 16.6. The lowest BCUT2D eigenvalue weighted by atomic mass is 10.2. The molecule has 0 unspecified atom stereocenters. The van der Waals surface area contributed by atoms with Crippen molar-refractivity contribution in [2.45, 2.75) is 32.8 Å². The van der Waals surface area contributed by atoms with E-state index >= 15 is 0 Å². The van der Waals surface area contributed by atoms with Crippen LogP contribution in [0, 0.1) is 0 Å². The van der Waals surface area contributed by atoms with Crippen LogP contribution >= 0.6 is 0 Å². The van der Waals surface area contributed by atoms with Crippen molar-refractivity contribution in [3.05, 3.63) is 36.0 Å². The van der Waals surface area contributed by atoms with Crippen LogP contribution in [0.5, 0.6) is 0 Å². The molecular weight excluding hydrogens is 270 g/mol. The molecule has 2 rings (SSSR count). The van der Waals surface area contributed by atoms with Crippen LogP contribution in [0.1, 0.15) is 26.5 Å². The molecular formula is C16H19NO4. The molecule has 5 nitrogen and oxygen atoms in total. The van der Waals surface area contributed by atoms with Crippen molar-refractivity contribution in [3.63, 3.8) is 0 Å². The summed E-state index contributed by atoms with van der Waals surface area (Å²) in [5, 5.41) is 0.877. The predicted octanol–water partition coefficient (Wildman–Crippen LogP) is 3.14. The Hall–Kier alpha value is -2.30. The number of aromatic nitrogens is 1. The number of fused-ring (bicyclic) bond motifs is 1. The minimum absolute atomic E-state index is 0.0183. The summed E-state index contributed by atoms with van der Waals surface area (Å²) in [5.74, 6) is -0.400. The van der Waals surface area contributed by atoms with Crippen molar-refractivity contribution < 1.29 is 19.1 Å². The third-order valence-electron chi connectivity index (χ3n) is 2.92. The fourth-order valence-electron chi connectivity index (χ4n) is 2.09. The molecule has 0 saturated heterocycles. The van der Waals surface area contributed by atoms with Crippen molar-refractivity contribution in [2.75, 3.05) is 7.11 Å². The van der Waals surface area contributed by atoms with Gasteiger partial charge in [0.1, 0.15) is 5.60 Å². The summed E-state index contributed by atoms with van der Waals surface area (Å²) in [7, 11) is 1.32. The normalized spacial score (nSPS) is 11.4. The van der Waals surface area contributed by atoms with Crippen LogP contribution in [-0.4, -0.2) is 29.3 Å². The van der Waals surface area contributed by atoms with E-state index < -0.39 is 17.7 Å². The van der Waals surface area contributed by atoms with Gasteiger partial charge in [-0.3, -0.25) is 4.79 Å². The highest BCUT2D eigenvalue weighted by Crippen LogP contribution is 2.22. The number of hydrogen-bond acceptors (Lipinski definition) is 4. The number of hydrogen-bond donors (Lipinski definition) is 0. The van der Waals surface area contributed by atoms with E-state index in [1.165, 1.54) is 11.7 Å². The van der Waals surface area contributed by atoms with Crippen LogP contribution in [0.25, 0.3) is 10.9 Å². The van der Waals surface area contributed by atoms with Gasteiger partial charge in [-0.2, -0.15) is 0 Å². The van der Waals surface area contributed by atoms with Gasteiger partial charge in [-0.05, 0) is 32.9 Å². The first kappa shape index (κ1) is 15.1. The van der Waals surface area contributed by atoms with Gasteiger partial charge in [0, 0.05) is 11.1 Å². The molecule has 5 heteroatoms. The van der Waals surface area contributed by atoms with Gasteiger partial charge < -0.3 is 9.47 Å². The van der Waals surface area contributed by atoms with E-state index in [9.17, 15) is 9.59 Å². The highest BCUT2D eigenvalue weighted by Gasteiger charge is 2.23. The minimum atomic E-state index is -0.606. The molecule has 1 aromatic carbocycles. The van der Waals surface area contributed by atoms with Gasteiger partial charge >= 0.3 is 12.1 Å². The Morgan fingerprint density at radius 1 is 1.19 bits per heavy atom. The molecule has 0 spiro atoms. The van der Waals surface area contributed by atoms with Crippen molar-refractivity contribution in [2.24, 2.45) is 0 Å². The summed E-state index contributed by atoms with van der Waals surface area (Å²) in [6.07, 6.45) is -0.479. The summed E-state index contributed by atoms with van der Waals surface area (Å²) < 4.78 is 11.5. The number of esters is 1. The largest absolute Gasteiger partial charge is 0.469 e. The number of rotatable bonds is 2. The van der Waals surface area contributed by atoms with E-state index in [2.05, 4.69) is 4.74 Å². The zero-order valence-electron chi connectivity index (χ0n) is 12.7. The Labute approximate surface area is 123 Å². The average molecular weight is 289 g/mol. The second-order valence-corrected chi connectivity index (χ2v) is 5.76. The number of para-hydroxylation sites is 1. The molecule has 112 valence electrons. The van der Waals surface area contributed by atoms with Gasteiger partial charge in [0.05, 0.1) is 19.0 Å². The molecule has 0 radical (unpaired) electrons. The number of benzene rings is 1. The highest BCUT2D eigenvalue weighted by molar-refractivity contribution is 5.92. The molecule has 21 heavy (non-hydrogen) atoms. The van der Waals surface area contributed by atoms with Crippen LogP contribution < -0.4 is 0 Å². The average Bonchev–Trinajstić information content (AvgIpc) is 2.74. The van der Waals surface area contributed by atoms with Crippen LogP contribution in [-0.2, 0) is 20.7 Å². The van der Waals surface area contributed by atoms with Crippen LogP contribution in [0.3, 0.4) is 0 Å². The zero-order valence-corrected chi connectivity index (χ0v) is 12.7. The Kier molecular flexibility index (Phi) is 4.02. The molecule has 0 aliphatic carbocycles. The maximum atomic E-state index is 12.4. The van der Waals surface area contributed by atoms with E-state index in [0.29, 0.717) is 11.2 Å². The second kappa shape index (κ2) is 5.60. The fourth-order valence-corrected chi connectivity index (χ4v) is 2.09. The van der Waals surface area contributed by atoms with Gasteiger partial charge in [0.15, 0.2) is 0 Å². The molecule has 1 aromatic heterocycles. The third-order valence-corrected chi connectivity index (χ3v) is 2.92. The molecule has 0 bridgehead atoms. The first-order valence-corrected chi connectivity index (χ1v) is 6.71. The molecule has 1 heterocycles. The lowest BCUT2D eigenvalue weighted by molar-refractivity contribution is -0.139. The number of methoxy groups -OCH3 is 1. The van der Waals surface area contributed by atoms with Gasteiger partial charge in [0.25, 0.3) is 0 Å². The zero-order chi connectivity index (χ0) is 15.6. The smallest absolute Gasteiger partial charge is 0.419 e. The maximum absolute atomic E-state index is 12.4. The van der Waals surface area contributed by atoms with E-state index in [4.69, 9.17) is 4.74 Å². The summed E-state index contributed by atoms with van der Waals surface area (Å²) >= 11 is 0. The van der Waals surface area contributed by atoms with E-state index in [-0.39, 0.29) is 6.42 Å². The summed E-state index contributed by atoms with van der Waals surface area (Å²) in [6.45, 7) is 5.41. The summed E-state index contributed by atoms with van der Waals surface area (Å²) in [4.78, 5) is 23.9. The number of ether oxygens (including phenoxy) is 2. The lowest BCUT2D eigenvalue weighted by Crippen LogP contribution is -2.28. The first-order valence-electron chi connectivity index (χ1n) is 6.71. The fraction of sp³-hybridized carbons (Fsp3) is 0.375. The second-order valence-electron chi connectivity index (χ2n) is 5.76. The Bertz CT molecular complexity index is 679. The van der Waals surface area contributed by atoms with E-state index in [1.54, 1.807) is 26.8 Å². The molecule has 0 amide bonds. The van der Waals surface area contributed by atoms with Crippen molar-refractivity contribution in [1.82, 2.24) is 4.57 Å². The lowest BCUT2D eigenvalue weighted by Gasteiger charge is -2.20. The standard InChI is InChI=1S/C16H19NO4/c1-16(2,3)21-15(19)17-12(10-14(18)20-4)9-11-7-5-6-8-13(11)17/h5-9H,10H2,1-4H3. The number of carbonyl (C=O) groups is 2. The van der Waals surface area contributed by atoms with Crippen molar-refractivity contribution >= 4 is 23.0 Å². The van der Waals surface area contributed by atoms with Gasteiger partial charge in [-0.25, -0.2) is 9.36 Å². The molecule has 0 N–H and O–H groups in total. The van der Waals surface area contributed by atoms with E-state index in [1.807, 2.05) is 24.3 Å². The Balaban J connectivity index is 2.50. The minimum Gasteiger partial charge on any atom is -0.469 e. The van der Waals surface area contributed by atoms with Gasteiger partial charge in [-0.15, -0.1) is 0 Å². The SMILES string of the molecule is COC(=O)Cc1cc2ccccc2n1C(=O)OC(C)(C)C. The molecule has 0 aliphatic heterocycles. The predicted molar refractivity (Wildman–Crippen MR) is 79.3 cm³/mol. The monoisotopic (exact) mass is 289 g/mol. The van der Waals surface area contributed by atoms with E-state index in [0.717, 1.165) is 5.39 Å². The van der Waals surface area contributed by atoms with Crippen molar-refractivity contribution in [1.29, 1.82) is 0 Å². The number of carbonyl (C=O) groups excluding carboxylic acids is 2. The molecule has 2 aromatic rings. The van der Waals surface area contributed by atoms with Crippen molar-refractivity contribution in [3.8, 4) is 0 Å².